The van der Waals surface area contributed by atoms with Crippen LogP contribution in [0, 0.1) is 0 Å². The van der Waals surface area contributed by atoms with E-state index in [1.807, 2.05) is 0 Å². The fraction of sp³-hybridized carbons (Fsp3) is 0.839. The number of carboxylic acid groups (broad SMARTS) is 3. The first-order chi connectivity index (χ1) is 18.3. The summed E-state index contributed by atoms with van der Waals surface area (Å²) < 4.78 is 0.841. The van der Waals surface area contributed by atoms with Crippen LogP contribution < -0.4 is 5.11 Å². The summed E-state index contributed by atoms with van der Waals surface area (Å²) in [6.07, 6.45) is 24.2. The maximum absolute atomic E-state index is 11.0. The molecule has 0 aliphatic heterocycles. The normalized spacial score (nSPS) is 11.8. The number of carboxylic acids is 3. The molecule has 0 aliphatic carbocycles. The van der Waals surface area contributed by atoms with E-state index in [-0.39, 0.29) is 19.3 Å². The molecule has 0 aromatic carbocycles. The first kappa shape index (κ1) is 36.1. The fourth-order valence-corrected chi connectivity index (χ4v) is 5.18. The van der Waals surface area contributed by atoms with E-state index in [1.54, 1.807) is 0 Å². The number of carbonyl (C=O) groups is 3. The van der Waals surface area contributed by atoms with Gasteiger partial charge >= 0.3 is 11.9 Å². The second-order valence-corrected chi connectivity index (χ2v) is 11.0. The third kappa shape index (κ3) is 24.4. The third-order valence-corrected chi connectivity index (χ3v) is 7.45. The Balaban J connectivity index is 4.58. The van der Waals surface area contributed by atoms with Gasteiger partial charge in [0.05, 0.1) is 26.2 Å². The second kappa shape index (κ2) is 25.4. The molecule has 0 aliphatic rings. The Morgan fingerprint density at radius 1 is 0.553 bits per heavy atom. The molecule has 0 spiro atoms. The van der Waals surface area contributed by atoms with Crippen molar-refractivity contribution in [2.24, 2.45) is 0 Å². The van der Waals surface area contributed by atoms with E-state index >= 15 is 0 Å². The minimum Gasteiger partial charge on any atom is -0.550 e. The predicted molar refractivity (Wildman–Crippen MR) is 152 cm³/mol. The molecule has 222 valence electrons. The number of hydrogen-bond donors (Lipinski definition) is 2. The molecule has 0 saturated carbocycles. The Kier molecular flexibility index (Phi) is 24.1. The number of carbonyl (C=O) groups excluding carboxylic acids is 1. The first-order valence-corrected chi connectivity index (χ1v) is 15.4. The lowest BCUT2D eigenvalue weighted by atomic mass is 10.1. The molecule has 0 aromatic heterocycles. The number of rotatable bonds is 29. The molecule has 0 heterocycles. The SMILES string of the molecule is CCCCCCC/C=C/CCCCCCC[N+](CCCCC(=O)[O-])(CCCCC(=O)O)CCCCC(=O)O. The van der Waals surface area contributed by atoms with Gasteiger partial charge in [0.1, 0.15) is 0 Å². The monoisotopic (exact) mass is 539 g/mol. The largest absolute Gasteiger partial charge is 0.550 e. The van der Waals surface area contributed by atoms with E-state index in [1.165, 1.54) is 57.8 Å². The Bertz CT molecular complexity index is 579. The standard InChI is InChI=1S/C31H57NO6/c1-2-3-4-5-6-7-8-9-10-11-12-13-14-18-25-32(26-19-15-22-29(33)34,27-20-16-23-30(35)36)28-21-17-24-31(37)38/h8-9H,2-7,10-28H2,1H3,(H2-,33,34,35,36,37,38)/b9-8+. The van der Waals surface area contributed by atoms with Crippen molar-refractivity contribution in [1.29, 1.82) is 0 Å². The van der Waals surface area contributed by atoms with Crippen molar-refractivity contribution < 1.29 is 34.2 Å². The quantitative estimate of drug-likeness (QED) is 0.0638. The molecule has 0 radical (unpaired) electrons. The van der Waals surface area contributed by atoms with Gasteiger partial charge in [0.2, 0.25) is 0 Å². The summed E-state index contributed by atoms with van der Waals surface area (Å²) in [4.78, 5) is 32.8. The van der Waals surface area contributed by atoms with Crippen LogP contribution in [0.3, 0.4) is 0 Å². The lowest BCUT2D eigenvalue weighted by molar-refractivity contribution is -0.929. The maximum atomic E-state index is 11.0. The van der Waals surface area contributed by atoms with Gasteiger partial charge in [-0.05, 0) is 83.5 Å². The van der Waals surface area contributed by atoms with Crippen LogP contribution in [0.15, 0.2) is 12.2 Å². The predicted octanol–water partition coefficient (Wildman–Crippen LogP) is 6.49. The molecule has 0 bridgehead atoms. The Labute approximate surface area is 232 Å². The van der Waals surface area contributed by atoms with Crippen molar-refractivity contribution in [2.75, 3.05) is 26.2 Å². The summed E-state index contributed by atoms with van der Waals surface area (Å²) in [5.41, 5.74) is 0. The van der Waals surface area contributed by atoms with Gasteiger partial charge in [-0.25, -0.2) is 0 Å². The van der Waals surface area contributed by atoms with Crippen LogP contribution in [-0.4, -0.2) is 58.8 Å². The zero-order valence-electron chi connectivity index (χ0n) is 24.3. The molecular weight excluding hydrogens is 482 g/mol. The summed E-state index contributed by atoms with van der Waals surface area (Å²) in [5.74, 6) is -2.58. The summed E-state index contributed by atoms with van der Waals surface area (Å²) in [5, 5.41) is 28.9. The third-order valence-electron chi connectivity index (χ3n) is 7.45. The lowest BCUT2D eigenvalue weighted by Gasteiger charge is -2.39. The lowest BCUT2D eigenvalue weighted by Crippen LogP contribution is -2.51. The zero-order chi connectivity index (χ0) is 28.3. The van der Waals surface area contributed by atoms with E-state index in [0.717, 1.165) is 69.2 Å². The Hall–Kier alpha value is -1.89. The highest BCUT2D eigenvalue weighted by Gasteiger charge is 2.26. The molecular formula is C31H57NO6. The number of aliphatic carboxylic acids is 3. The minimum absolute atomic E-state index is 0.0608. The van der Waals surface area contributed by atoms with Crippen molar-refractivity contribution in [3.63, 3.8) is 0 Å². The van der Waals surface area contributed by atoms with Crippen LogP contribution in [0.5, 0.6) is 0 Å². The summed E-state index contributed by atoms with van der Waals surface area (Å²) in [6, 6.07) is 0. The minimum atomic E-state index is -1.02. The van der Waals surface area contributed by atoms with Gasteiger partial charge in [-0.2, -0.15) is 0 Å². The fourth-order valence-electron chi connectivity index (χ4n) is 5.18. The van der Waals surface area contributed by atoms with Crippen LogP contribution in [-0.2, 0) is 14.4 Å². The highest BCUT2D eigenvalue weighted by atomic mass is 16.4. The summed E-state index contributed by atoms with van der Waals surface area (Å²) >= 11 is 0. The topological polar surface area (TPSA) is 115 Å². The van der Waals surface area contributed by atoms with E-state index in [9.17, 15) is 19.5 Å². The van der Waals surface area contributed by atoms with Gasteiger partial charge in [0.25, 0.3) is 0 Å². The molecule has 38 heavy (non-hydrogen) atoms. The molecule has 0 fully saturated rings. The van der Waals surface area contributed by atoms with Crippen molar-refractivity contribution in [3.05, 3.63) is 12.2 Å². The van der Waals surface area contributed by atoms with Crippen LogP contribution >= 0.6 is 0 Å². The smallest absolute Gasteiger partial charge is 0.303 e. The van der Waals surface area contributed by atoms with E-state index in [4.69, 9.17) is 10.2 Å². The number of hydrogen-bond acceptors (Lipinski definition) is 4. The van der Waals surface area contributed by atoms with Gasteiger partial charge < -0.3 is 24.6 Å². The van der Waals surface area contributed by atoms with Crippen LogP contribution in [0.1, 0.15) is 142 Å². The average Bonchev–Trinajstić information content (AvgIpc) is 2.87. The average molecular weight is 540 g/mol. The molecule has 0 amide bonds. The molecule has 0 rings (SSSR count). The number of unbranched alkanes of at least 4 members (excludes halogenated alkanes) is 13. The maximum Gasteiger partial charge on any atom is 0.303 e. The van der Waals surface area contributed by atoms with Crippen LogP contribution in [0.4, 0.5) is 0 Å². The van der Waals surface area contributed by atoms with Gasteiger partial charge in [0, 0.05) is 18.8 Å². The van der Waals surface area contributed by atoms with Gasteiger partial charge in [0.15, 0.2) is 0 Å². The molecule has 7 nitrogen and oxygen atoms in total. The number of nitrogens with zero attached hydrogens (tertiary/aromatic N) is 1. The number of allylic oxidation sites excluding steroid dienone is 2. The summed E-state index contributed by atoms with van der Waals surface area (Å²) in [7, 11) is 0. The molecule has 0 aromatic rings. The van der Waals surface area contributed by atoms with Crippen molar-refractivity contribution >= 4 is 17.9 Å². The van der Waals surface area contributed by atoms with Crippen molar-refractivity contribution in [3.8, 4) is 0 Å². The number of quaternary nitrogens is 1. The van der Waals surface area contributed by atoms with E-state index in [0.29, 0.717) is 19.3 Å². The van der Waals surface area contributed by atoms with Crippen LogP contribution in [0.2, 0.25) is 0 Å². The molecule has 0 saturated heterocycles. The molecule has 7 heteroatoms. The Morgan fingerprint density at radius 3 is 1.34 bits per heavy atom. The van der Waals surface area contributed by atoms with E-state index in [2.05, 4.69) is 19.1 Å². The second-order valence-electron chi connectivity index (χ2n) is 11.0. The van der Waals surface area contributed by atoms with E-state index < -0.39 is 17.9 Å². The van der Waals surface area contributed by atoms with Crippen LogP contribution in [0.25, 0.3) is 0 Å². The molecule has 2 N–H and O–H groups in total. The molecule has 0 atom stereocenters. The van der Waals surface area contributed by atoms with Gasteiger partial charge in [-0.1, -0.05) is 57.6 Å². The summed E-state index contributed by atoms with van der Waals surface area (Å²) in [6.45, 7) is 5.83. The van der Waals surface area contributed by atoms with Gasteiger partial charge in [-0.3, -0.25) is 9.59 Å². The first-order valence-electron chi connectivity index (χ1n) is 15.4. The Morgan fingerprint density at radius 2 is 0.921 bits per heavy atom. The molecule has 0 unspecified atom stereocenters. The van der Waals surface area contributed by atoms with Crippen molar-refractivity contribution in [1.82, 2.24) is 0 Å². The zero-order valence-corrected chi connectivity index (χ0v) is 24.3. The highest BCUT2D eigenvalue weighted by Crippen LogP contribution is 2.19. The highest BCUT2D eigenvalue weighted by molar-refractivity contribution is 5.66. The van der Waals surface area contributed by atoms with Gasteiger partial charge in [-0.15, -0.1) is 0 Å². The van der Waals surface area contributed by atoms with Crippen molar-refractivity contribution in [2.45, 2.75) is 142 Å².